The van der Waals surface area contributed by atoms with Crippen molar-refractivity contribution in [3.8, 4) is 5.75 Å². The lowest BCUT2D eigenvalue weighted by Gasteiger charge is -2.05. The van der Waals surface area contributed by atoms with Gasteiger partial charge in [0.15, 0.2) is 16.7 Å². The molecule has 0 spiro atoms. The van der Waals surface area contributed by atoms with Crippen molar-refractivity contribution in [1.82, 2.24) is 9.97 Å². The smallest absolute Gasteiger partial charge is 0.191 e. The number of hydrogen-bond acceptors (Lipinski definition) is 4. The van der Waals surface area contributed by atoms with Crippen LogP contribution in [0.2, 0.25) is 5.15 Å². The van der Waals surface area contributed by atoms with Gasteiger partial charge in [0.1, 0.15) is 13.2 Å². The summed E-state index contributed by atoms with van der Waals surface area (Å²) in [5.74, 6) is 0.256. The second-order valence-electron chi connectivity index (χ2n) is 4.88. The number of benzene rings is 1. The zero-order valence-electron chi connectivity index (χ0n) is 12.2. The maximum atomic E-state index is 11.8. The monoisotopic (exact) mass is 327 g/mol. The Hall–Kier alpha value is -2.66. The molecule has 0 unspecified atom stereocenters. The number of rotatable bonds is 6. The van der Waals surface area contributed by atoms with Crippen LogP contribution < -0.4 is 4.74 Å². The van der Waals surface area contributed by atoms with Crippen LogP contribution in [0.15, 0.2) is 53.8 Å². The van der Waals surface area contributed by atoms with Gasteiger partial charge in [0.2, 0.25) is 0 Å². The van der Waals surface area contributed by atoms with Crippen molar-refractivity contribution in [2.45, 2.75) is 0 Å². The van der Waals surface area contributed by atoms with Gasteiger partial charge in [-0.1, -0.05) is 23.7 Å². The van der Waals surface area contributed by atoms with E-state index in [0.717, 1.165) is 16.5 Å². The zero-order chi connectivity index (χ0) is 16.1. The maximum absolute atomic E-state index is 11.8. The first-order valence-corrected chi connectivity index (χ1v) is 7.43. The number of carbonyl (C=O) groups excluding carboxylic acids is 1. The Balaban J connectivity index is 1.57. The van der Waals surface area contributed by atoms with E-state index in [1.54, 1.807) is 24.5 Å². The number of pyridine rings is 1. The van der Waals surface area contributed by atoms with Gasteiger partial charge in [0.05, 0.1) is 0 Å². The van der Waals surface area contributed by atoms with Crippen LogP contribution in [0.4, 0.5) is 0 Å². The third-order valence-corrected chi connectivity index (χ3v) is 3.52. The molecule has 0 amide bonds. The number of Topliss-reactive ketones (excluding diaryl/α,β-unsaturated/α-hetero) is 1. The summed E-state index contributed by atoms with van der Waals surface area (Å²) in [7, 11) is 0. The largest absolute Gasteiger partial charge is 0.483 e. The van der Waals surface area contributed by atoms with Crippen molar-refractivity contribution in [2.24, 2.45) is 4.99 Å². The van der Waals surface area contributed by atoms with Crippen LogP contribution >= 0.6 is 11.6 Å². The van der Waals surface area contributed by atoms with Gasteiger partial charge in [-0.15, -0.1) is 0 Å². The fourth-order valence-corrected chi connectivity index (χ4v) is 2.32. The summed E-state index contributed by atoms with van der Waals surface area (Å²) in [6.07, 6.45) is 5.13. The molecule has 0 saturated heterocycles. The van der Waals surface area contributed by atoms with Gasteiger partial charge in [-0.05, 0) is 24.3 Å². The second kappa shape index (κ2) is 7.07. The van der Waals surface area contributed by atoms with E-state index in [1.807, 2.05) is 30.5 Å². The number of aliphatic imine (C=N–C) groups is 1. The third kappa shape index (κ3) is 3.76. The Morgan fingerprint density at radius 3 is 3.09 bits per heavy atom. The number of ether oxygens (including phenoxy) is 1. The summed E-state index contributed by atoms with van der Waals surface area (Å²) in [6.45, 7) is -0.0319. The Morgan fingerprint density at radius 1 is 1.30 bits per heavy atom. The molecule has 5 nitrogen and oxygen atoms in total. The minimum atomic E-state index is -0.137. The SMILES string of the molecule is O=C(CN=Cc1cccc2[nH]ccc12)COc1cccnc1Cl. The number of hydrogen-bond donors (Lipinski definition) is 1. The summed E-state index contributed by atoms with van der Waals surface area (Å²) < 4.78 is 5.34. The van der Waals surface area contributed by atoms with E-state index >= 15 is 0 Å². The maximum Gasteiger partial charge on any atom is 0.191 e. The summed E-state index contributed by atoms with van der Waals surface area (Å²) in [6, 6.07) is 11.2. The van der Waals surface area contributed by atoms with Crippen molar-refractivity contribution in [1.29, 1.82) is 0 Å². The number of nitrogens with one attached hydrogen (secondary N) is 1. The highest BCUT2D eigenvalue weighted by molar-refractivity contribution is 6.30. The van der Waals surface area contributed by atoms with E-state index in [4.69, 9.17) is 16.3 Å². The molecule has 0 radical (unpaired) electrons. The van der Waals surface area contributed by atoms with Crippen LogP contribution in [0.5, 0.6) is 5.75 Å². The molecule has 23 heavy (non-hydrogen) atoms. The normalized spacial score (nSPS) is 11.2. The molecule has 0 saturated carbocycles. The molecule has 1 N–H and O–H groups in total. The van der Waals surface area contributed by atoms with Crippen LogP contribution in [-0.4, -0.2) is 35.1 Å². The average Bonchev–Trinajstić information content (AvgIpc) is 3.03. The van der Waals surface area contributed by atoms with Gasteiger partial charge >= 0.3 is 0 Å². The molecule has 0 bridgehead atoms. The first kappa shape index (κ1) is 15.2. The van der Waals surface area contributed by atoms with Gasteiger partial charge in [0, 0.05) is 35.1 Å². The highest BCUT2D eigenvalue weighted by atomic mass is 35.5. The number of ketones is 1. The molecule has 116 valence electrons. The Kier molecular flexibility index (Phi) is 4.68. The van der Waals surface area contributed by atoms with Crippen molar-refractivity contribution in [2.75, 3.05) is 13.2 Å². The number of carbonyl (C=O) groups is 1. The molecule has 3 rings (SSSR count). The summed E-state index contributed by atoms with van der Waals surface area (Å²) in [5.41, 5.74) is 2.00. The first-order valence-electron chi connectivity index (χ1n) is 7.05. The molecule has 6 heteroatoms. The molecule has 0 atom stereocenters. The van der Waals surface area contributed by atoms with Gasteiger partial charge in [-0.25, -0.2) is 4.98 Å². The lowest BCUT2D eigenvalue weighted by Crippen LogP contribution is -2.14. The van der Waals surface area contributed by atoms with E-state index in [-0.39, 0.29) is 24.1 Å². The van der Waals surface area contributed by atoms with E-state index in [0.29, 0.717) is 5.75 Å². The topological polar surface area (TPSA) is 67.3 Å². The van der Waals surface area contributed by atoms with E-state index in [1.165, 1.54) is 0 Å². The number of aromatic nitrogens is 2. The number of fused-ring (bicyclic) bond motifs is 1. The molecular formula is C17H14ClN3O2. The summed E-state index contributed by atoms with van der Waals surface area (Å²) >= 11 is 5.86. The fraction of sp³-hybridized carbons (Fsp3) is 0.118. The molecule has 2 heterocycles. The molecule has 1 aromatic carbocycles. The first-order chi connectivity index (χ1) is 11.2. The number of halogens is 1. The Labute approximate surface area is 138 Å². The Bertz CT molecular complexity index is 858. The molecule has 0 fully saturated rings. The molecular weight excluding hydrogens is 314 g/mol. The van der Waals surface area contributed by atoms with Crippen molar-refractivity contribution >= 4 is 34.5 Å². The van der Waals surface area contributed by atoms with Crippen molar-refractivity contribution in [3.63, 3.8) is 0 Å². The van der Waals surface area contributed by atoms with Crippen LogP contribution in [0.1, 0.15) is 5.56 Å². The molecule has 0 aliphatic carbocycles. The highest BCUT2D eigenvalue weighted by Gasteiger charge is 2.05. The van der Waals surface area contributed by atoms with E-state index < -0.39 is 0 Å². The Morgan fingerprint density at radius 2 is 2.22 bits per heavy atom. The third-order valence-electron chi connectivity index (χ3n) is 3.24. The van der Waals surface area contributed by atoms with Crippen LogP contribution in [0, 0.1) is 0 Å². The fourth-order valence-electron chi connectivity index (χ4n) is 2.15. The summed E-state index contributed by atoms with van der Waals surface area (Å²) in [4.78, 5) is 23.0. The van der Waals surface area contributed by atoms with E-state index in [9.17, 15) is 4.79 Å². The van der Waals surface area contributed by atoms with Crippen LogP contribution in [-0.2, 0) is 4.79 Å². The second-order valence-corrected chi connectivity index (χ2v) is 5.23. The van der Waals surface area contributed by atoms with Crippen molar-refractivity contribution in [3.05, 3.63) is 59.5 Å². The average molecular weight is 328 g/mol. The summed E-state index contributed by atoms with van der Waals surface area (Å²) in [5, 5.41) is 1.31. The number of nitrogens with zero attached hydrogens (tertiary/aromatic N) is 2. The van der Waals surface area contributed by atoms with Crippen LogP contribution in [0.25, 0.3) is 10.9 Å². The number of aromatic amines is 1. The van der Waals surface area contributed by atoms with E-state index in [2.05, 4.69) is 15.0 Å². The zero-order valence-corrected chi connectivity index (χ0v) is 13.0. The predicted molar refractivity (Wildman–Crippen MR) is 90.5 cm³/mol. The molecule has 0 aliphatic heterocycles. The quantitative estimate of drug-likeness (QED) is 0.558. The molecule has 3 aromatic rings. The minimum Gasteiger partial charge on any atom is -0.483 e. The number of H-pyrrole nitrogens is 1. The minimum absolute atomic E-state index is 0.0543. The molecule has 0 aliphatic rings. The predicted octanol–water partition coefficient (Wildman–Crippen LogP) is 3.28. The van der Waals surface area contributed by atoms with Gasteiger partial charge in [-0.2, -0.15) is 0 Å². The molecule has 2 aromatic heterocycles. The standard InChI is InChI=1S/C17H14ClN3O2/c18-17-16(5-2-7-21-17)23-11-13(22)10-19-9-12-3-1-4-15-14(12)6-8-20-15/h1-9,20H,10-11H2. The van der Waals surface area contributed by atoms with Gasteiger partial charge < -0.3 is 9.72 Å². The van der Waals surface area contributed by atoms with Crippen molar-refractivity contribution < 1.29 is 9.53 Å². The van der Waals surface area contributed by atoms with Gasteiger partial charge in [0.25, 0.3) is 0 Å². The van der Waals surface area contributed by atoms with Gasteiger partial charge in [-0.3, -0.25) is 9.79 Å². The lowest BCUT2D eigenvalue weighted by molar-refractivity contribution is -0.119. The van der Waals surface area contributed by atoms with Crippen LogP contribution in [0.3, 0.4) is 0 Å². The highest BCUT2D eigenvalue weighted by Crippen LogP contribution is 2.20. The lowest BCUT2D eigenvalue weighted by atomic mass is 10.1.